The standard InChI is InChI=1S/C38H37ClN4O5S/c1-18-23-15-19(39)11-14-28(23)49-32(18)26-17-29(41(6)40-26)42-34(46)25-16-24-20(12-13-22-30(24)35(47)43(33(22)45)37(2,3)4)31(38(25,5)36(42)48)21-9-7-8-10-27(21)44/h7-12,14-15,17,22,24-25,30-31,44H,13,16H2,1-6H3/t22-,24+,25-,30-,31+,38+/m0/s1. The van der Waals surface area contributed by atoms with Crippen molar-refractivity contribution in [1.82, 2.24) is 14.7 Å². The lowest BCUT2D eigenvalue weighted by molar-refractivity contribution is -0.145. The molecule has 6 atom stereocenters. The fourth-order valence-corrected chi connectivity index (χ4v) is 10.5. The van der Waals surface area contributed by atoms with Gasteiger partial charge in [-0.15, -0.1) is 11.3 Å². The highest BCUT2D eigenvalue weighted by Gasteiger charge is 2.68. The Hall–Kier alpha value is -4.28. The van der Waals surface area contributed by atoms with Gasteiger partial charge in [-0.1, -0.05) is 41.4 Å². The number of likely N-dealkylation sites (tertiary alicyclic amines) is 1. The number of thiophene rings is 1. The fourth-order valence-electron chi connectivity index (χ4n) is 9.19. The van der Waals surface area contributed by atoms with Crippen molar-refractivity contribution >= 4 is 62.5 Å². The van der Waals surface area contributed by atoms with Crippen LogP contribution in [0.3, 0.4) is 0 Å². The van der Waals surface area contributed by atoms with Gasteiger partial charge in [0.1, 0.15) is 17.3 Å². The minimum atomic E-state index is -1.27. The van der Waals surface area contributed by atoms with Crippen LogP contribution in [0.2, 0.25) is 5.02 Å². The van der Waals surface area contributed by atoms with Gasteiger partial charge in [0, 0.05) is 39.9 Å². The van der Waals surface area contributed by atoms with Gasteiger partial charge in [0.15, 0.2) is 0 Å². The number of aromatic hydroxyl groups is 1. The number of allylic oxidation sites excluding steroid dienone is 2. The van der Waals surface area contributed by atoms with Crippen molar-refractivity contribution in [3.8, 4) is 16.3 Å². The van der Waals surface area contributed by atoms with E-state index in [1.165, 1.54) is 9.80 Å². The number of carbonyl (C=O) groups is 4. The highest BCUT2D eigenvalue weighted by molar-refractivity contribution is 7.22. The largest absolute Gasteiger partial charge is 0.508 e. The number of amides is 4. The van der Waals surface area contributed by atoms with E-state index in [4.69, 9.17) is 16.7 Å². The first-order valence-corrected chi connectivity index (χ1v) is 17.8. The summed E-state index contributed by atoms with van der Waals surface area (Å²) in [4.78, 5) is 61.0. The topological polar surface area (TPSA) is 113 Å². The molecule has 1 saturated carbocycles. The van der Waals surface area contributed by atoms with Gasteiger partial charge in [0.2, 0.25) is 23.6 Å². The lowest BCUT2D eigenvalue weighted by atomic mass is 9.51. The van der Waals surface area contributed by atoms with Crippen LogP contribution >= 0.6 is 22.9 Å². The molecule has 4 aromatic rings. The Morgan fingerprint density at radius 1 is 1.00 bits per heavy atom. The molecule has 49 heavy (non-hydrogen) atoms. The lowest BCUT2D eigenvalue weighted by Gasteiger charge is -2.49. The van der Waals surface area contributed by atoms with Crippen LogP contribution in [0.5, 0.6) is 5.75 Å². The van der Waals surface area contributed by atoms with Gasteiger partial charge in [0.25, 0.3) is 0 Å². The number of aromatic nitrogens is 2. The number of hydrogen-bond donors (Lipinski definition) is 1. The minimum Gasteiger partial charge on any atom is -0.508 e. The van der Waals surface area contributed by atoms with E-state index < -0.39 is 40.5 Å². The number of para-hydroxylation sites is 1. The summed E-state index contributed by atoms with van der Waals surface area (Å²) >= 11 is 7.87. The number of imide groups is 2. The number of nitrogens with zero attached hydrogens (tertiary/aromatic N) is 4. The molecule has 9 nitrogen and oxygen atoms in total. The smallest absolute Gasteiger partial charge is 0.242 e. The summed E-state index contributed by atoms with van der Waals surface area (Å²) in [7, 11) is 1.72. The summed E-state index contributed by atoms with van der Waals surface area (Å²) in [6.07, 6.45) is 2.60. The molecule has 11 heteroatoms. The van der Waals surface area contributed by atoms with Gasteiger partial charge in [-0.05, 0) is 88.6 Å². The van der Waals surface area contributed by atoms with Crippen molar-refractivity contribution in [1.29, 1.82) is 0 Å². The zero-order chi connectivity index (χ0) is 34.9. The predicted octanol–water partition coefficient (Wildman–Crippen LogP) is 7.00. The van der Waals surface area contributed by atoms with Crippen molar-refractivity contribution in [3.05, 3.63) is 76.3 Å². The lowest BCUT2D eigenvalue weighted by Crippen LogP contribution is -2.49. The fraction of sp³-hybridized carbons (Fsp3) is 0.395. The molecule has 0 bridgehead atoms. The second-order valence-corrected chi connectivity index (χ2v) is 16.6. The first-order chi connectivity index (χ1) is 23.1. The van der Waals surface area contributed by atoms with Crippen LogP contribution < -0.4 is 4.90 Å². The quantitative estimate of drug-likeness (QED) is 0.182. The summed E-state index contributed by atoms with van der Waals surface area (Å²) < 4.78 is 2.63. The summed E-state index contributed by atoms with van der Waals surface area (Å²) in [6, 6.07) is 14.4. The van der Waals surface area contributed by atoms with Crippen LogP contribution in [-0.2, 0) is 26.2 Å². The summed E-state index contributed by atoms with van der Waals surface area (Å²) in [5, 5.41) is 17.7. The average molecular weight is 697 g/mol. The highest BCUT2D eigenvalue weighted by Crippen LogP contribution is 2.64. The molecule has 2 aromatic carbocycles. The number of carbonyl (C=O) groups excluding carboxylic acids is 4. The van der Waals surface area contributed by atoms with E-state index in [1.807, 2.05) is 65.0 Å². The van der Waals surface area contributed by atoms with Crippen molar-refractivity contribution < 1.29 is 24.3 Å². The maximum absolute atomic E-state index is 14.9. The molecular formula is C38H37ClN4O5S. The molecule has 8 rings (SSSR count). The first kappa shape index (κ1) is 32.0. The zero-order valence-electron chi connectivity index (χ0n) is 28.2. The normalized spacial score (nSPS) is 28.3. The molecule has 252 valence electrons. The first-order valence-electron chi connectivity index (χ1n) is 16.6. The van der Waals surface area contributed by atoms with Gasteiger partial charge < -0.3 is 5.11 Å². The molecule has 1 N–H and O–H groups in total. The minimum absolute atomic E-state index is 0.0168. The molecule has 0 radical (unpaired) electrons. The number of benzene rings is 2. The molecule has 2 aliphatic carbocycles. The van der Waals surface area contributed by atoms with E-state index in [0.717, 1.165) is 26.1 Å². The number of aryl methyl sites for hydroxylation is 2. The number of hydrogen-bond acceptors (Lipinski definition) is 7. The third-order valence-electron chi connectivity index (χ3n) is 11.4. The predicted molar refractivity (Wildman–Crippen MR) is 188 cm³/mol. The molecule has 4 amide bonds. The average Bonchev–Trinajstić information content (AvgIpc) is 3.71. The molecule has 4 aliphatic rings. The van der Waals surface area contributed by atoms with Crippen molar-refractivity contribution in [3.63, 3.8) is 0 Å². The number of fused-ring (bicyclic) bond motifs is 5. The molecule has 0 unspecified atom stereocenters. The molecule has 2 saturated heterocycles. The summed E-state index contributed by atoms with van der Waals surface area (Å²) in [5.74, 6) is -3.91. The van der Waals surface area contributed by atoms with Gasteiger partial charge >= 0.3 is 0 Å². The second-order valence-electron chi connectivity index (χ2n) is 15.1. The number of phenolic OH excluding ortho intramolecular Hbond substituents is 1. The van der Waals surface area contributed by atoms with Crippen LogP contribution in [0.4, 0.5) is 5.82 Å². The van der Waals surface area contributed by atoms with Crippen molar-refractivity contribution in [2.45, 2.75) is 58.9 Å². The Bertz CT molecular complexity index is 2180. The number of phenols is 1. The van der Waals surface area contributed by atoms with E-state index in [9.17, 15) is 24.3 Å². The van der Waals surface area contributed by atoms with E-state index in [1.54, 1.807) is 47.3 Å². The van der Waals surface area contributed by atoms with Gasteiger partial charge in [-0.2, -0.15) is 5.10 Å². The van der Waals surface area contributed by atoms with Crippen LogP contribution in [0, 0.1) is 36.0 Å². The van der Waals surface area contributed by atoms with Crippen molar-refractivity contribution in [2.75, 3.05) is 4.90 Å². The monoisotopic (exact) mass is 696 g/mol. The Morgan fingerprint density at radius 2 is 1.73 bits per heavy atom. The molecule has 2 aromatic heterocycles. The molecular weight excluding hydrogens is 660 g/mol. The Labute approximate surface area is 293 Å². The van der Waals surface area contributed by atoms with E-state index in [-0.39, 0.29) is 35.8 Å². The Kier molecular flexibility index (Phi) is 6.92. The summed E-state index contributed by atoms with van der Waals surface area (Å²) in [6.45, 7) is 9.39. The van der Waals surface area contributed by atoms with Gasteiger partial charge in [-0.25, -0.2) is 4.90 Å². The maximum atomic E-state index is 14.9. The molecule has 4 heterocycles. The van der Waals surface area contributed by atoms with Crippen LogP contribution in [0.25, 0.3) is 20.7 Å². The van der Waals surface area contributed by atoms with Gasteiger partial charge in [-0.3, -0.25) is 28.8 Å². The second kappa shape index (κ2) is 10.6. The molecule has 0 spiro atoms. The molecule has 3 fully saturated rings. The van der Waals surface area contributed by atoms with Crippen molar-refractivity contribution in [2.24, 2.45) is 36.1 Å². The Morgan fingerprint density at radius 3 is 2.45 bits per heavy atom. The molecule has 2 aliphatic heterocycles. The SMILES string of the molecule is Cc1c(-c2cc(N3C(=O)[C@@H]4C[C@@H]5C(=CC[C@@H]6C(=O)N(C(C)(C)C)C(=O)[C@@H]65)[C@H](c5ccccc5O)[C@]4(C)C3=O)n(C)n2)sc2ccc(Cl)cc12. The van der Waals surface area contributed by atoms with Crippen LogP contribution in [0.1, 0.15) is 57.6 Å². The third kappa shape index (κ3) is 4.32. The number of rotatable bonds is 3. The highest BCUT2D eigenvalue weighted by atomic mass is 35.5. The third-order valence-corrected chi connectivity index (χ3v) is 12.9. The van der Waals surface area contributed by atoms with Crippen LogP contribution in [0.15, 0.2) is 60.2 Å². The maximum Gasteiger partial charge on any atom is 0.242 e. The van der Waals surface area contributed by atoms with E-state index in [0.29, 0.717) is 28.5 Å². The number of halogens is 1. The van der Waals surface area contributed by atoms with E-state index >= 15 is 0 Å². The summed E-state index contributed by atoms with van der Waals surface area (Å²) in [5.41, 5.74) is 1.06. The van der Waals surface area contributed by atoms with Crippen LogP contribution in [-0.4, -0.2) is 49.0 Å². The van der Waals surface area contributed by atoms with E-state index in [2.05, 4.69) is 0 Å². The number of anilines is 1. The zero-order valence-corrected chi connectivity index (χ0v) is 29.7. The Balaban J connectivity index is 1.25. The van der Waals surface area contributed by atoms with Gasteiger partial charge in [0.05, 0.1) is 28.0 Å².